The molecule has 0 bridgehead atoms. The lowest BCUT2D eigenvalue weighted by Crippen LogP contribution is -2.46. The summed E-state index contributed by atoms with van der Waals surface area (Å²) in [6, 6.07) is 0. The second-order valence-corrected chi connectivity index (χ2v) is 10.8. The molecule has 4 nitrogen and oxygen atoms in total. The SMILES string of the molecule is CC(C)(C)[Si](C)(C)O[C@H]1C[C@H](C=O)O[C@@H]1C=O. The highest BCUT2D eigenvalue weighted by atomic mass is 28.4. The van der Waals surface area contributed by atoms with E-state index in [2.05, 4.69) is 33.9 Å². The first kappa shape index (κ1) is 14.5. The Balaban J connectivity index is 2.74. The average molecular weight is 258 g/mol. The fourth-order valence-electron chi connectivity index (χ4n) is 1.59. The van der Waals surface area contributed by atoms with Crippen molar-refractivity contribution in [3.8, 4) is 0 Å². The summed E-state index contributed by atoms with van der Waals surface area (Å²) in [5, 5.41) is 0.0830. The van der Waals surface area contributed by atoms with E-state index in [9.17, 15) is 9.59 Å². The van der Waals surface area contributed by atoms with Gasteiger partial charge < -0.3 is 18.8 Å². The van der Waals surface area contributed by atoms with Crippen molar-refractivity contribution in [1.82, 2.24) is 0 Å². The number of rotatable bonds is 4. The molecule has 3 atom stereocenters. The highest BCUT2D eigenvalue weighted by Crippen LogP contribution is 2.39. The van der Waals surface area contributed by atoms with Gasteiger partial charge >= 0.3 is 0 Å². The zero-order valence-corrected chi connectivity index (χ0v) is 12.2. The van der Waals surface area contributed by atoms with Crippen molar-refractivity contribution >= 4 is 20.9 Å². The first-order chi connectivity index (χ1) is 7.71. The molecule has 0 aromatic heterocycles. The van der Waals surface area contributed by atoms with E-state index in [1.165, 1.54) is 0 Å². The van der Waals surface area contributed by atoms with Gasteiger partial charge in [-0.2, -0.15) is 0 Å². The molecule has 0 aromatic rings. The first-order valence-corrected chi connectivity index (χ1v) is 8.86. The number of hydrogen-bond donors (Lipinski definition) is 0. The maximum absolute atomic E-state index is 10.9. The van der Waals surface area contributed by atoms with Crippen LogP contribution in [0, 0.1) is 0 Å². The molecule has 0 unspecified atom stereocenters. The van der Waals surface area contributed by atoms with Crippen molar-refractivity contribution < 1.29 is 18.8 Å². The molecule has 17 heavy (non-hydrogen) atoms. The third kappa shape index (κ3) is 3.24. The Morgan fingerprint density at radius 2 is 1.82 bits per heavy atom. The third-order valence-electron chi connectivity index (χ3n) is 3.70. The normalized spacial score (nSPS) is 30.3. The molecule has 1 fully saturated rings. The van der Waals surface area contributed by atoms with Gasteiger partial charge in [0, 0.05) is 6.42 Å². The monoisotopic (exact) mass is 258 g/mol. The zero-order valence-electron chi connectivity index (χ0n) is 11.2. The summed E-state index contributed by atoms with van der Waals surface area (Å²) in [7, 11) is -1.93. The number of aldehydes is 2. The molecule has 0 saturated carbocycles. The number of ether oxygens (including phenoxy) is 1. The Morgan fingerprint density at radius 3 is 2.24 bits per heavy atom. The van der Waals surface area contributed by atoms with Crippen LogP contribution in [-0.4, -0.2) is 39.2 Å². The molecule has 1 aliphatic rings. The molecule has 1 aliphatic heterocycles. The summed E-state index contributed by atoms with van der Waals surface area (Å²) in [4.78, 5) is 21.6. The molecular formula is C12H22O4Si. The van der Waals surface area contributed by atoms with Crippen molar-refractivity contribution in [2.45, 2.75) is 63.6 Å². The Morgan fingerprint density at radius 1 is 1.24 bits per heavy atom. The van der Waals surface area contributed by atoms with E-state index < -0.39 is 20.5 Å². The topological polar surface area (TPSA) is 52.6 Å². The van der Waals surface area contributed by atoms with Crippen molar-refractivity contribution in [3.05, 3.63) is 0 Å². The average Bonchev–Trinajstić information content (AvgIpc) is 2.58. The summed E-state index contributed by atoms with van der Waals surface area (Å²) in [5.74, 6) is 0. The predicted molar refractivity (Wildman–Crippen MR) is 67.5 cm³/mol. The van der Waals surface area contributed by atoms with Gasteiger partial charge in [0.2, 0.25) is 0 Å². The van der Waals surface area contributed by atoms with Crippen LogP contribution in [-0.2, 0) is 18.8 Å². The standard InChI is InChI=1S/C12H22O4Si/c1-12(2,3)17(4,5)16-10-6-9(7-13)15-11(10)8-14/h7-11H,6H2,1-5H3/t9-,10+,11-/m1/s1. The van der Waals surface area contributed by atoms with Gasteiger partial charge in [-0.15, -0.1) is 0 Å². The minimum Gasteiger partial charge on any atom is -0.411 e. The Kier molecular flexibility index (Phi) is 4.27. The molecule has 0 amide bonds. The third-order valence-corrected chi connectivity index (χ3v) is 8.21. The van der Waals surface area contributed by atoms with E-state index in [0.29, 0.717) is 6.42 Å². The summed E-state index contributed by atoms with van der Waals surface area (Å²) < 4.78 is 11.4. The second-order valence-electron chi connectivity index (χ2n) is 6.06. The highest BCUT2D eigenvalue weighted by Gasteiger charge is 2.44. The molecule has 98 valence electrons. The quantitative estimate of drug-likeness (QED) is 0.571. The molecule has 1 heterocycles. The van der Waals surface area contributed by atoms with E-state index in [-0.39, 0.29) is 11.1 Å². The van der Waals surface area contributed by atoms with Crippen LogP contribution >= 0.6 is 0 Å². The van der Waals surface area contributed by atoms with Gasteiger partial charge in [0.1, 0.15) is 18.5 Å². The summed E-state index contributed by atoms with van der Waals surface area (Å²) >= 11 is 0. The minimum atomic E-state index is -1.93. The smallest absolute Gasteiger partial charge is 0.192 e. The Bertz CT molecular complexity index is 295. The van der Waals surface area contributed by atoms with Crippen LogP contribution in [0.15, 0.2) is 0 Å². The van der Waals surface area contributed by atoms with E-state index >= 15 is 0 Å². The van der Waals surface area contributed by atoms with Gasteiger partial charge in [0.05, 0.1) is 6.10 Å². The lowest BCUT2D eigenvalue weighted by Gasteiger charge is -2.38. The van der Waals surface area contributed by atoms with Gasteiger partial charge in [-0.05, 0) is 18.1 Å². The van der Waals surface area contributed by atoms with Crippen molar-refractivity contribution in [1.29, 1.82) is 0 Å². The lowest BCUT2D eigenvalue weighted by atomic mass is 10.2. The first-order valence-electron chi connectivity index (χ1n) is 5.95. The van der Waals surface area contributed by atoms with Gasteiger partial charge in [0.25, 0.3) is 0 Å². The molecule has 0 aromatic carbocycles. The number of hydrogen-bond acceptors (Lipinski definition) is 4. The fourth-order valence-corrected chi connectivity index (χ4v) is 2.93. The molecule has 1 rings (SSSR count). The predicted octanol–water partition coefficient (Wildman–Crippen LogP) is 1.93. The fraction of sp³-hybridized carbons (Fsp3) is 0.833. The van der Waals surface area contributed by atoms with Crippen molar-refractivity contribution in [2.24, 2.45) is 0 Å². The Labute approximate surface area is 104 Å². The number of carbonyl (C=O) groups is 2. The van der Waals surface area contributed by atoms with Crippen LogP contribution in [0.2, 0.25) is 18.1 Å². The maximum Gasteiger partial charge on any atom is 0.192 e. The van der Waals surface area contributed by atoms with Crippen LogP contribution in [0.3, 0.4) is 0 Å². The van der Waals surface area contributed by atoms with E-state index in [1.54, 1.807) is 0 Å². The summed E-state index contributed by atoms with van der Waals surface area (Å²) in [6.45, 7) is 10.7. The van der Waals surface area contributed by atoms with Crippen LogP contribution in [0.5, 0.6) is 0 Å². The summed E-state index contributed by atoms with van der Waals surface area (Å²) in [5.41, 5.74) is 0. The van der Waals surface area contributed by atoms with Crippen LogP contribution < -0.4 is 0 Å². The van der Waals surface area contributed by atoms with Gasteiger partial charge in [0.15, 0.2) is 14.6 Å². The molecule has 0 spiro atoms. The van der Waals surface area contributed by atoms with Gasteiger partial charge in [-0.3, -0.25) is 0 Å². The molecule has 5 heteroatoms. The van der Waals surface area contributed by atoms with E-state index in [1.807, 2.05) is 0 Å². The maximum atomic E-state index is 10.9. The van der Waals surface area contributed by atoms with E-state index in [4.69, 9.17) is 9.16 Å². The van der Waals surface area contributed by atoms with Crippen LogP contribution in [0.4, 0.5) is 0 Å². The second kappa shape index (κ2) is 5.00. The van der Waals surface area contributed by atoms with Crippen LogP contribution in [0.25, 0.3) is 0 Å². The van der Waals surface area contributed by atoms with Crippen molar-refractivity contribution in [3.63, 3.8) is 0 Å². The summed E-state index contributed by atoms with van der Waals surface area (Å²) in [6.07, 6.45) is 0.592. The lowest BCUT2D eigenvalue weighted by molar-refractivity contribution is -0.125. The molecule has 0 aliphatic carbocycles. The molecule has 0 N–H and O–H groups in total. The molecule has 0 radical (unpaired) electrons. The molecule has 1 saturated heterocycles. The van der Waals surface area contributed by atoms with E-state index in [0.717, 1.165) is 12.6 Å². The highest BCUT2D eigenvalue weighted by molar-refractivity contribution is 6.74. The van der Waals surface area contributed by atoms with Gasteiger partial charge in [-0.25, -0.2) is 0 Å². The Hall–Kier alpha value is -0.523. The van der Waals surface area contributed by atoms with Crippen LogP contribution in [0.1, 0.15) is 27.2 Å². The largest absolute Gasteiger partial charge is 0.411 e. The minimum absolute atomic E-state index is 0.0830. The number of carbonyl (C=O) groups excluding carboxylic acids is 2. The molecular weight excluding hydrogens is 236 g/mol. The van der Waals surface area contributed by atoms with Crippen molar-refractivity contribution in [2.75, 3.05) is 0 Å². The zero-order chi connectivity index (χ0) is 13.3. The van der Waals surface area contributed by atoms with Gasteiger partial charge in [-0.1, -0.05) is 20.8 Å².